The number of rotatable bonds is 2. The highest BCUT2D eigenvalue weighted by Gasteiger charge is 2.07. The van der Waals surface area contributed by atoms with Gasteiger partial charge in [0.05, 0.1) is 0 Å². The Kier molecular flexibility index (Phi) is 2.76. The number of phenols is 1. The van der Waals surface area contributed by atoms with Crippen LogP contribution in [0.4, 0.5) is 0 Å². The van der Waals surface area contributed by atoms with Gasteiger partial charge in [0, 0.05) is 10.8 Å². The number of aldehydes is 1. The van der Waals surface area contributed by atoms with Gasteiger partial charge in [-0.1, -0.05) is 6.92 Å². The molecule has 0 aromatic heterocycles. The van der Waals surface area contributed by atoms with Gasteiger partial charge in [-0.25, -0.2) is 0 Å². The average molecular weight is 182 g/mol. The first-order valence-electron chi connectivity index (χ1n) is 3.62. The van der Waals surface area contributed by atoms with Crippen molar-refractivity contribution >= 4 is 18.9 Å². The summed E-state index contributed by atoms with van der Waals surface area (Å²) in [4.78, 5) is 11.2. The Bertz CT molecular complexity index is 297. The summed E-state index contributed by atoms with van der Waals surface area (Å²) in [5, 5.41) is 9.13. The van der Waals surface area contributed by atoms with Crippen molar-refractivity contribution < 1.29 is 9.90 Å². The highest BCUT2D eigenvalue weighted by molar-refractivity contribution is 7.80. The van der Waals surface area contributed by atoms with Crippen molar-refractivity contribution in [3.8, 4) is 5.75 Å². The molecule has 0 saturated carbocycles. The summed E-state index contributed by atoms with van der Waals surface area (Å²) in [5.41, 5.74) is 0.758. The van der Waals surface area contributed by atoms with Gasteiger partial charge in [-0.3, -0.25) is 0 Å². The first-order valence-corrected chi connectivity index (χ1v) is 4.07. The van der Waals surface area contributed by atoms with Gasteiger partial charge < -0.3 is 9.90 Å². The topological polar surface area (TPSA) is 37.3 Å². The van der Waals surface area contributed by atoms with Crippen molar-refractivity contribution in [2.75, 3.05) is 0 Å². The molecule has 0 bridgehead atoms. The molecule has 0 heterocycles. The average Bonchev–Trinajstić information content (AvgIpc) is 2.08. The van der Waals surface area contributed by atoms with Crippen LogP contribution in [0.2, 0.25) is 0 Å². The van der Waals surface area contributed by atoms with Gasteiger partial charge in [0.1, 0.15) is 12.0 Å². The standard InChI is InChI=1S/C9H10O2S/c1-6(5-10)8-4-7(11)2-3-9(8)12/h2-6,11-12H,1H3. The molecule has 1 atom stereocenters. The highest BCUT2D eigenvalue weighted by Crippen LogP contribution is 2.25. The maximum atomic E-state index is 10.5. The lowest BCUT2D eigenvalue weighted by Gasteiger charge is -2.07. The van der Waals surface area contributed by atoms with Gasteiger partial charge in [-0.15, -0.1) is 12.6 Å². The van der Waals surface area contributed by atoms with Crippen LogP contribution >= 0.6 is 12.6 Å². The van der Waals surface area contributed by atoms with Crippen LogP contribution < -0.4 is 0 Å². The third-order valence-electron chi connectivity index (χ3n) is 1.71. The van der Waals surface area contributed by atoms with Crippen molar-refractivity contribution in [2.45, 2.75) is 17.7 Å². The Morgan fingerprint density at radius 3 is 2.83 bits per heavy atom. The van der Waals surface area contributed by atoms with Gasteiger partial charge in [0.2, 0.25) is 0 Å². The van der Waals surface area contributed by atoms with E-state index < -0.39 is 0 Å². The van der Waals surface area contributed by atoms with Crippen LogP contribution in [0, 0.1) is 0 Å². The Hall–Kier alpha value is -0.960. The van der Waals surface area contributed by atoms with Crippen LogP contribution in [0.1, 0.15) is 18.4 Å². The van der Waals surface area contributed by atoms with Crippen molar-refractivity contribution in [1.29, 1.82) is 0 Å². The van der Waals surface area contributed by atoms with E-state index in [4.69, 9.17) is 5.11 Å². The van der Waals surface area contributed by atoms with E-state index >= 15 is 0 Å². The lowest BCUT2D eigenvalue weighted by atomic mass is 10.0. The molecule has 1 aromatic carbocycles. The van der Waals surface area contributed by atoms with Crippen LogP contribution in [0.25, 0.3) is 0 Å². The fraction of sp³-hybridized carbons (Fsp3) is 0.222. The lowest BCUT2D eigenvalue weighted by Crippen LogP contribution is -1.95. The fourth-order valence-corrected chi connectivity index (χ4v) is 1.32. The van der Waals surface area contributed by atoms with Gasteiger partial charge >= 0.3 is 0 Å². The zero-order valence-corrected chi connectivity index (χ0v) is 7.58. The Morgan fingerprint density at radius 2 is 2.25 bits per heavy atom. The summed E-state index contributed by atoms with van der Waals surface area (Å²) in [7, 11) is 0. The summed E-state index contributed by atoms with van der Waals surface area (Å²) in [5.74, 6) is -0.0545. The van der Waals surface area contributed by atoms with E-state index in [-0.39, 0.29) is 11.7 Å². The third-order valence-corrected chi connectivity index (χ3v) is 2.11. The molecule has 1 unspecified atom stereocenters. The SMILES string of the molecule is CC(C=O)c1cc(O)ccc1S. The molecule has 3 heteroatoms. The summed E-state index contributed by atoms with van der Waals surface area (Å²) in [6.45, 7) is 1.77. The summed E-state index contributed by atoms with van der Waals surface area (Å²) >= 11 is 4.17. The predicted octanol–water partition coefficient (Wildman–Crippen LogP) is 1.98. The van der Waals surface area contributed by atoms with Crippen LogP contribution in [-0.2, 0) is 4.79 Å². The normalized spacial score (nSPS) is 12.5. The second-order valence-corrected chi connectivity index (χ2v) is 3.15. The number of hydrogen-bond acceptors (Lipinski definition) is 3. The Morgan fingerprint density at radius 1 is 1.58 bits per heavy atom. The molecule has 0 amide bonds. The molecule has 64 valence electrons. The number of thiol groups is 1. The molecule has 0 saturated heterocycles. The van der Waals surface area contributed by atoms with Crippen LogP contribution in [-0.4, -0.2) is 11.4 Å². The molecule has 0 aliphatic carbocycles. The number of phenolic OH excluding ortho intramolecular Hbond substituents is 1. The van der Waals surface area contributed by atoms with E-state index in [0.29, 0.717) is 0 Å². The smallest absolute Gasteiger partial charge is 0.127 e. The van der Waals surface area contributed by atoms with Gasteiger partial charge in [-0.2, -0.15) is 0 Å². The molecule has 12 heavy (non-hydrogen) atoms. The van der Waals surface area contributed by atoms with Crippen molar-refractivity contribution in [3.05, 3.63) is 23.8 Å². The number of hydrogen-bond donors (Lipinski definition) is 2. The van der Waals surface area contributed by atoms with Crippen molar-refractivity contribution in [1.82, 2.24) is 0 Å². The maximum absolute atomic E-state index is 10.5. The molecule has 0 spiro atoms. The van der Waals surface area contributed by atoms with Crippen LogP contribution in [0.5, 0.6) is 5.75 Å². The molecule has 1 N–H and O–H groups in total. The number of aromatic hydroxyl groups is 1. The van der Waals surface area contributed by atoms with E-state index in [0.717, 1.165) is 16.7 Å². The van der Waals surface area contributed by atoms with E-state index in [9.17, 15) is 4.79 Å². The van der Waals surface area contributed by atoms with Crippen molar-refractivity contribution in [2.24, 2.45) is 0 Å². The molecule has 2 nitrogen and oxygen atoms in total. The van der Waals surface area contributed by atoms with Gasteiger partial charge in [-0.05, 0) is 23.8 Å². The Labute approximate surface area is 76.6 Å². The van der Waals surface area contributed by atoms with E-state index in [1.807, 2.05) is 0 Å². The minimum Gasteiger partial charge on any atom is -0.508 e. The second kappa shape index (κ2) is 3.63. The number of carbonyl (C=O) groups is 1. The molecular formula is C9H10O2S. The zero-order valence-electron chi connectivity index (χ0n) is 6.69. The summed E-state index contributed by atoms with van der Waals surface area (Å²) < 4.78 is 0. The minimum atomic E-state index is -0.218. The van der Waals surface area contributed by atoms with Crippen LogP contribution in [0.3, 0.4) is 0 Å². The summed E-state index contributed by atoms with van der Waals surface area (Å²) in [6.07, 6.45) is 0.828. The Balaban J connectivity index is 3.12. The molecule has 0 aliphatic rings. The molecule has 1 rings (SSSR count). The highest BCUT2D eigenvalue weighted by atomic mass is 32.1. The third kappa shape index (κ3) is 1.80. The van der Waals surface area contributed by atoms with E-state index in [1.54, 1.807) is 25.1 Å². The zero-order chi connectivity index (χ0) is 9.14. The lowest BCUT2D eigenvalue weighted by molar-refractivity contribution is -0.108. The van der Waals surface area contributed by atoms with Gasteiger partial charge in [0.25, 0.3) is 0 Å². The monoisotopic (exact) mass is 182 g/mol. The quantitative estimate of drug-likeness (QED) is 0.542. The molecule has 0 fully saturated rings. The minimum absolute atomic E-state index is 0.163. The molecule has 0 radical (unpaired) electrons. The summed E-state index contributed by atoms with van der Waals surface area (Å²) in [6, 6.07) is 4.78. The fourth-order valence-electron chi connectivity index (χ4n) is 0.980. The first-order chi connectivity index (χ1) is 5.65. The number of benzene rings is 1. The van der Waals surface area contributed by atoms with Crippen molar-refractivity contribution in [3.63, 3.8) is 0 Å². The number of carbonyl (C=O) groups excluding carboxylic acids is 1. The first kappa shape index (κ1) is 9.13. The second-order valence-electron chi connectivity index (χ2n) is 2.67. The van der Waals surface area contributed by atoms with E-state index in [1.165, 1.54) is 0 Å². The molecular weight excluding hydrogens is 172 g/mol. The van der Waals surface area contributed by atoms with Gasteiger partial charge in [0.15, 0.2) is 0 Å². The van der Waals surface area contributed by atoms with E-state index in [2.05, 4.69) is 12.6 Å². The molecule has 1 aromatic rings. The largest absolute Gasteiger partial charge is 0.508 e. The maximum Gasteiger partial charge on any atom is 0.127 e. The molecule has 0 aliphatic heterocycles. The van der Waals surface area contributed by atoms with Crippen LogP contribution in [0.15, 0.2) is 23.1 Å². The predicted molar refractivity (Wildman–Crippen MR) is 49.8 cm³/mol.